The molecule has 102 valence electrons. The summed E-state index contributed by atoms with van der Waals surface area (Å²) in [4.78, 5) is 14.6. The predicted octanol–water partition coefficient (Wildman–Crippen LogP) is 2.67. The van der Waals surface area contributed by atoms with Crippen LogP contribution in [0.25, 0.3) is 16.8 Å². The van der Waals surface area contributed by atoms with Gasteiger partial charge in [0.2, 0.25) is 5.88 Å². The van der Waals surface area contributed by atoms with Crippen molar-refractivity contribution in [1.82, 2.24) is 14.6 Å². The number of hydrogen-bond acceptors (Lipinski definition) is 3. The Kier molecular flexibility index (Phi) is 2.79. The predicted molar refractivity (Wildman–Crippen MR) is 77.4 cm³/mol. The molecule has 0 aliphatic rings. The number of aromatic amines is 1. The summed E-state index contributed by atoms with van der Waals surface area (Å²) in [5.74, 6) is -0.153. The van der Waals surface area contributed by atoms with Gasteiger partial charge in [0.05, 0.1) is 11.3 Å². The second-order valence-corrected chi connectivity index (χ2v) is 5.07. The van der Waals surface area contributed by atoms with Crippen LogP contribution in [-0.2, 0) is 0 Å². The highest BCUT2D eigenvalue weighted by Crippen LogP contribution is 2.30. The minimum Gasteiger partial charge on any atom is -0.493 e. The van der Waals surface area contributed by atoms with Crippen LogP contribution in [0.1, 0.15) is 11.3 Å². The van der Waals surface area contributed by atoms with Crippen LogP contribution in [0.2, 0.25) is 5.02 Å². The molecule has 2 N–H and O–H groups in total. The van der Waals surface area contributed by atoms with Crippen molar-refractivity contribution in [3.8, 4) is 17.0 Å². The maximum Gasteiger partial charge on any atom is 0.257 e. The Hall–Kier alpha value is -2.27. The van der Waals surface area contributed by atoms with Crippen LogP contribution >= 0.6 is 11.6 Å². The summed E-state index contributed by atoms with van der Waals surface area (Å²) in [6, 6.07) is 7.27. The zero-order chi connectivity index (χ0) is 14.4. The molecule has 1 aromatic carbocycles. The van der Waals surface area contributed by atoms with Gasteiger partial charge < -0.3 is 10.1 Å². The molecule has 0 atom stereocenters. The van der Waals surface area contributed by atoms with E-state index in [-0.39, 0.29) is 17.0 Å². The molecule has 2 aromatic heterocycles. The third-order valence-corrected chi connectivity index (χ3v) is 3.52. The molecule has 5 nitrogen and oxygen atoms in total. The lowest BCUT2D eigenvalue weighted by Crippen LogP contribution is -2.12. The molecular formula is C14H12ClN3O2. The van der Waals surface area contributed by atoms with Gasteiger partial charge in [-0.2, -0.15) is 9.61 Å². The van der Waals surface area contributed by atoms with Crippen LogP contribution in [0.4, 0.5) is 0 Å². The van der Waals surface area contributed by atoms with Gasteiger partial charge in [-0.15, -0.1) is 0 Å². The number of benzene rings is 1. The highest BCUT2D eigenvalue weighted by atomic mass is 35.5. The first-order chi connectivity index (χ1) is 9.49. The molecule has 3 aromatic rings. The quantitative estimate of drug-likeness (QED) is 0.723. The molecule has 20 heavy (non-hydrogen) atoms. The second kappa shape index (κ2) is 4.38. The van der Waals surface area contributed by atoms with Gasteiger partial charge in [0.1, 0.15) is 5.65 Å². The summed E-state index contributed by atoms with van der Waals surface area (Å²) >= 11 is 6.00. The van der Waals surface area contributed by atoms with E-state index in [9.17, 15) is 9.90 Å². The Morgan fingerprint density at radius 1 is 1.35 bits per heavy atom. The Morgan fingerprint density at radius 3 is 2.80 bits per heavy atom. The van der Waals surface area contributed by atoms with Gasteiger partial charge in [0, 0.05) is 10.6 Å². The summed E-state index contributed by atoms with van der Waals surface area (Å²) in [5.41, 5.74) is 2.64. The molecule has 0 spiro atoms. The zero-order valence-electron chi connectivity index (χ0n) is 10.9. The Balaban J connectivity index is 2.43. The molecule has 0 bridgehead atoms. The summed E-state index contributed by atoms with van der Waals surface area (Å²) in [5, 5.41) is 14.9. The van der Waals surface area contributed by atoms with Crippen LogP contribution in [0, 0.1) is 13.8 Å². The van der Waals surface area contributed by atoms with Gasteiger partial charge >= 0.3 is 0 Å². The van der Waals surface area contributed by atoms with Crippen LogP contribution in [-0.4, -0.2) is 19.7 Å². The van der Waals surface area contributed by atoms with Crippen molar-refractivity contribution >= 4 is 17.2 Å². The van der Waals surface area contributed by atoms with E-state index in [4.69, 9.17) is 11.6 Å². The maximum absolute atomic E-state index is 11.8. The Bertz CT molecular complexity index is 880. The van der Waals surface area contributed by atoms with Crippen LogP contribution in [0.5, 0.6) is 5.88 Å². The average molecular weight is 290 g/mol. The molecule has 2 heterocycles. The molecule has 0 fully saturated rings. The van der Waals surface area contributed by atoms with Gasteiger partial charge in [-0.25, -0.2) is 0 Å². The van der Waals surface area contributed by atoms with Crippen LogP contribution in [0.3, 0.4) is 0 Å². The SMILES string of the molecule is Cc1nn2c(O)c(C)c(=O)[nH]c2c1-c1cccc(Cl)c1. The minimum absolute atomic E-state index is 0.153. The molecular weight excluding hydrogens is 278 g/mol. The first-order valence-corrected chi connectivity index (χ1v) is 6.44. The topological polar surface area (TPSA) is 70.4 Å². The molecule has 6 heteroatoms. The zero-order valence-corrected chi connectivity index (χ0v) is 11.7. The largest absolute Gasteiger partial charge is 0.493 e. The van der Waals surface area contributed by atoms with Gasteiger partial charge in [-0.1, -0.05) is 23.7 Å². The van der Waals surface area contributed by atoms with Crippen molar-refractivity contribution in [2.75, 3.05) is 0 Å². The van der Waals surface area contributed by atoms with Crippen LogP contribution in [0.15, 0.2) is 29.1 Å². The molecule has 0 radical (unpaired) electrons. The van der Waals surface area contributed by atoms with Gasteiger partial charge in [0.15, 0.2) is 0 Å². The van der Waals surface area contributed by atoms with E-state index in [1.807, 2.05) is 19.1 Å². The third kappa shape index (κ3) is 1.78. The fourth-order valence-corrected chi connectivity index (χ4v) is 2.44. The lowest BCUT2D eigenvalue weighted by Gasteiger charge is -2.03. The maximum atomic E-state index is 11.8. The van der Waals surface area contributed by atoms with Crippen molar-refractivity contribution in [2.24, 2.45) is 0 Å². The standard InChI is InChI=1S/C14H12ClN3O2/c1-7-13(19)16-12-11(8(2)17-18(12)14(7)20)9-4-3-5-10(15)6-9/h3-6,20H,1-2H3,(H,16,19). The second-order valence-electron chi connectivity index (χ2n) is 4.63. The number of rotatable bonds is 1. The molecule has 0 amide bonds. The van der Waals surface area contributed by atoms with Gasteiger partial charge in [0.25, 0.3) is 5.56 Å². The number of fused-ring (bicyclic) bond motifs is 1. The summed E-state index contributed by atoms with van der Waals surface area (Å²) in [7, 11) is 0. The van der Waals surface area contributed by atoms with Crippen molar-refractivity contribution in [2.45, 2.75) is 13.8 Å². The number of hydrogen-bond donors (Lipinski definition) is 2. The number of aryl methyl sites for hydroxylation is 1. The van der Waals surface area contributed by atoms with Crippen molar-refractivity contribution < 1.29 is 5.11 Å². The average Bonchev–Trinajstić information content (AvgIpc) is 2.73. The van der Waals surface area contributed by atoms with Crippen molar-refractivity contribution in [1.29, 1.82) is 0 Å². The highest BCUT2D eigenvalue weighted by molar-refractivity contribution is 6.30. The van der Waals surface area contributed by atoms with E-state index in [0.29, 0.717) is 16.4 Å². The first kappa shape index (κ1) is 12.7. The van der Waals surface area contributed by atoms with E-state index < -0.39 is 0 Å². The number of aromatic nitrogens is 3. The van der Waals surface area contributed by atoms with Gasteiger partial charge in [-0.05, 0) is 31.5 Å². The summed E-state index contributed by atoms with van der Waals surface area (Å²) < 4.78 is 1.34. The molecule has 0 aliphatic carbocycles. The fourth-order valence-electron chi connectivity index (χ4n) is 2.25. The summed E-state index contributed by atoms with van der Waals surface area (Å²) in [6.45, 7) is 3.36. The molecule has 0 aliphatic heterocycles. The van der Waals surface area contributed by atoms with E-state index >= 15 is 0 Å². The minimum atomic E-state index is -0.335. The van der Waals surface area contributed by atoms with E-state index in [1.54, 1.807) is 19.1 Å². The number of nitrogens with zero attached hydrogens (tertiary/aromatic N) is 2. The number of nitrogens with one attached hydrogen (secondary N) is 1. The normalized spacial score (nSPS) is 11.2. The lowest BCUT2D eigenvalue weighted by atomic mass is 10.1. The monoisotopic (exact) mass is 289 g/mol. The molecule has 0 saturated carbocycles. The van der Waals surface area contributed by atoms with E-state index in [0.717, 1.165) is 11.1 Å². The lowest BCUT2D eigenvalue weighted by molar-refractivity contribution is 0.429. The fraction of sp³-hybridized carbons (Fsp3) is 0.143. The molecule has 0 unspecified atom stereocenters. The highest BCUT2D eigenvalue weighted by Gasteiger charge is 2.17. The number of H-pyrrole nitrogens is 1. The first-order valence-electron chi connectivity index (χ1n) is 6.06. The van der Waals surface area contributed by atoms with Gasteiger partial charge in [-0.3, -0.25) is 4.79 Å². The molecule has 3 rings (SSSR count). The van der Waals surface area contributed by atoms with Crippen molar-refractivity contribution in [3.05, 3.63) is 50.9 Å². The Morgan fingerprint density at radius 2 is 2.10 bits per heavy atom. The third-order valence-electron chi connectivity index (χ3n) is 3.28. The number of aromatic hydroxyl groups is 1. The number of halogens is 1. The summed E-state index contributed by atoms with van der Waals surface area (Å²) in [6.07, 6.45) is 0. The van der Waals surface area contributed by atoms with E-state index in [2.05, 4.69) is 10.1 Å². The smallest absolute Gasteiger partial charge is 0.257 e. The van der Waals surface area contributed by atoms with Crippen LogP contribution < -0.4 is 5.56 Å². The van der Waals surface area contributed by atoms with Crippen molar-refractivity contribution in [3.63, 3.8) is 0 Å². The van der Waals surface area contributed by atoms with E-state index in [1.165, 1.54) is 4.52 Å². The Labute approximate surface area is 119 Å². The molecule has 0 saturated heterocycles.